The highest BCUT2D eigenvalue weighted by Crippen LogP contribution is 2.75. The molecule has 0 saturated carbocycles. The standard InChI is InChI=1S/C22H26O9/c1-9(2)12-8-20-21(30-20,19(25)27-6)18-22(29-18,31-20)14(10(3)4)16-15(26-5)11(7-13(12)23)17(24)28-16/h7,12-16,18,23H,1,3,8H2,2,4-6H3/b11-7+/t12-,13+,14-,15-,16-,18+,20+,21+,22-/m1/s1. The highest BCUT2D eigenvalue weighted by atomic mass is 17.0. The van der Waals surface area contributed by atoms with Crippen molar-refractivity contribution in [2.45, 2.75) is 61.9 Å². The Morgan fingerprint density at radius 2 is 1.94 bits per heavy atom. The van der Waals surface area contributed by atoms with Crippen LogP contribution in [0.3, 0.4) is 0 Å². The highest BCUT2D eigenvalue weighted by Gasteiger charge is 2.99. The zero-order chi connectivity index (χ0) is 22.5. The van der Waals surface area contributed by atoms with Gasteiger partial charge in [-0.1, -0.05) is 24.3 Å². The molecule has 9 nitrogen and oxygen atoms in total. The number of carbonyl (C=O) groups is 2. The van der Waals surface area contributed by atoms with Crippen LogP contribution in [0, 0.1) is 11.8 Å². The molecule has 1 N–H and O–H groups in total. The summed E-state index contributed by atoms with van der Waals surface area (Å²) in [5.74, 6) is -5.05. The number of carbonyl (C=O) groups excluding carboxylic acids is 2. The number of rotatable bonds is 4. The Hall–Kier alpha value is -2.04. The van der Waals surface area contributed by atoms with E-state index in [-0.39, 0.29) is 12.0 Å². The molecule has 168 valence electrons. The van der Waals surface area contributed by atoms with Gasteiger partial charge in [0.25, 0.3) is 5.60 Å². The van der Waals surface area contributed by atoms with Gasteiger partial charge < -0.3 is 33.5 Å². The van der Waals surface area contributed by atoms with Crippen molar-refractivity contribution in [1.29, 1.82) is 0 Å². The number of methoxy groups -OCH3 is 2. The normalized spacial score (nSPS) is 50.7. The SMILES string of the molecule is C=C(C)[C@H]1C[C@]23O[C@]4(O[C@H]4[C@@]2(C(=O)OC)O3)[C@H](C(=C)C)[C@H]2OC(=O)/C(=C/[C@@H]1O)[C@H]2OC. The van der Waals surface area contributed by atoms with Gasteiger partial charge >= 0.3 is 11.9 Å². The van der Waals surface area contributed by atoms with Crippen LogP contribution < -0.4 is 0 Å². The average molecular weight is 434 g/mol. The van der Waals surface area contributed by atoms with Crippen LogP contribution in [0.4, 0.5) is 0 Å². The Bertz CT molecular complexity index is 939. The fourth-order valence-electron chi connectivity index (χ4n) is 5.67. The Morgan fingerprint density at radius 3 is 2.52 bits per heavy atom. The summed E-state index contributed by atoms with van der Waals surface area (Å²) in [4.78, 5) is 25.6. The fourth-order valence-corrected chi connectivity index (χ4v) is 5.67. The molecule has 0 aliphatic carbocycles. The molecule has 0 amide bonds. The summed E-state index contributed by atoms with van der Waals surface area (Å²) in [6.45, 7) is 11.6. The molecule has 0 aromatic carbocycles. The Balaban J connectivity index is 1.69. The molecule has 5 heterocycles. The lowest BCUT2D eigenvalue weighted by molar-refractivity contribution is -0.194. The van der Waals surface area contributed by atoms with Crippen LogP contribution in [0.2, 0.25) is 0 Å². The predicted molar refractivity (Wildman–Crippen MR) is 103 cm³/mol. The van der Waals surface area contributed by atoms with Gasteiger partial charge in [0.2, 0.25) is 11.6 Å². The summed E-state index contributed by atoms with van der Waals surface area (Å²) in [5, 5.41) is 11.0. The van der Waals surface area contributed by atoms with Crippen molar-refractivity contribution in [1.82, 2.24) is 0 Å². The number of aliphatic hydroxyl groups excluding tert-OH is 1. The molecule has 4 fully saturated rings. The molecule has 5 rings (SSSR count). The lowest BCUT2D eigenvalue weighted by Crippen LogP contribution is -2.44. The van der Waals surface area contributed by atoms with Crippen LogP contribution >= 0.6 is 0 Å². The monoisotopic (exact) mass is 434 g/mol. The van der Waals surface area contributed by atoms with Gasteiger partial charge in [0.1, 0.15) is 12.2 Å². The molecule has 2 spiro atoms. The number of hydrogen-bond acceptors (Lipinski definition) is 9. The molecule has 5 aliphatic heterocycles. The summed E-state index contributed by atoms with van der Waals surface area (Å²) in [5.41, 5.74) is 0.0214. The molecule has 0 unspecified atom stereocenters. The molecule has 0 aromatic rings. The van der Waals surface area contributed by atoms with Gasteiger partial charge in [0.15, 0.2) is 6.10 Å². The quantitative estimate of drug-likeness (QED) is 0.389. The largest absolute Gasteiger partial charge is 0.467 e. The van der Waals surface area contributed by atoms with Crippen molar-refractivity contribution in [3.05, 3.63) is 36.0 Å². The number of esters is 2. The van der Waals surface area contributed by atoms with E-state index in [0.29, 0.717) is 11.1 Å². The minimum atomic E-state index is -1.47. The van der Waals surface area contributed by atoms with Crippen LogP contribution in [0.5, 0.6) is 0 Å². The maximum absolute atomic E-state index is 12.8. The van der Waals surface area contributed by atoms with Gasteiger partial charge in [-0.15, -0.1) is 0 Å². The molecule has 4 saturated heterocycles. The summed E-state index contributed by atoms with van der Waals surface area (Å²) < 4.78 is 34.6. The molecule has 5 aliphatic rings. The maximum atomic E-state index is 12.8. The van der Waals surface area contributed by atoms with E-state index in [4.69, 9.17) is 28.4 Å². The molecule has 9 heteroatoms. The second kappa shape index (κ2) is 6.26. The second-order valence-corrected chi connectivity index (χ2v) is 9.02. The molecule has 0 aromatic heterocycles. The first-order valence-corrected chi connectivity index (χ1v) is 10.2. The van der Waals surface area contributed by atoms with Crippen molar-refractivity contribution in [2.75, 3.05) is 14.2 Å². The minimum Gasteiger partial charge on any atom is -0.467 e. The third-order valence-corrected chi connectivity index (χ3v) is 7.16. The van der Waals surface area contributed by atoms with E-state index < -0.39 is 65.4 Å². The third-order valence-electron chi connectivity index (χ3n) is 7.16. The van der Waals surface area contributed by atoms with Crippen LogP contribution in [-0.2, 0) is 38.0 Å². The Kier molecular flexibility index (Phi) is 4.21. The second-order valence-electron chi connectivity index (χ2n) is 9.02. The first-order chi connectivity index (χ1) is 14.6. The van der Waals surface area contributed by atoms with Crippen molar-refractivity contribution >= 4 is 11.9 Å². The average Bonchev–Trinajstić information content (AvgIpc) is 3.53. The Morgan fingerprint density at radius 1 is 1.23 bits per heavy atom. The summed E-state index contributed by atoms with van der Waals surface area (Å²) in [7, 11) is 2.73. The summed E-state index contributed by atoms with van der Waals surface area (Å²) >= 11 is 0. The van der Waals surface area contributed by atoms with Crippen molar-refractivity contribution in [3.63, 3.8) is 0 Å². The van der Waals surface area contributed by atoms with Gasteiger partial charge in [-0.2, -0.15) is 0 Å². The topological polar surface area (TPSA) is 116 Å². The van der Waals surface area contributed by atoms with E-state index >= 15 is 0 Å². The maximum Gasteiger partial charge on any atom is 0.347 e. The van der Waals surface area contributed by atoms with E-state index in [1.807, 2.05) is 0 Å². The fraction of sp³-hybridized carbons (Fsp3) is 0.636. The first-order valence-electron chi connectivity index (χ1n) is 10.2. The van der Waals surface area contributed by atoms with Crippen LogP contribution in [0.25, 0.3) is 0 Å². The minimum absolute atomic E-state index is 0.129. The van der Waals surface area contributed by atoms with E-state index in [2.05, 4.69) is 13.2 Å². The van der Waals surface area contributed by atoms with E-state index in [9.17, 15) is 14.7 Å². The van der Waals surface area contributed by atoms with E-state index in [0.717, 1.165) is 0 Å². The zero-order valence-electron chi connectivity index (χ0n) is 17.9. The number of aliphatic hydroxyl groups is 1. The molecule has 0 radical (unpaired) electrons. The Labute approximate surface area is 179 Å². The first kappa shape index (κ1) is 20.8. The van der Waals surface area contributed by atoms with Gasteiger partial charge in [-0.3, -0.25) is 0 Å². The van der Waals surface area contributed by atoms with Crippen molar-refractivity contribution in [3.8, 4) is 0 Å². The van der Waals surface area contributed by atoms with Crippen LogP contribution in [0.15, 0.2) is 36.0 Å². The number of epoxide rings is 2. The van der Waals surface area contributed by atoms with Crippen LogP contribution in [0.1, 0.15) is 20.3 Å². The van der Waals surface area contributed by atoms with E-state index in [1.165, 1.54) is 20.3 Å². The lowest BCUT2D eigenvalue weighted by atomic mass is 9.80. The number of fused-ring (bicyclic) bond motifs is 3. The van der Waals surface area contributed by atoms with Crippen molar-refractivity contribution in [2.24, 2.45) is 11.8 Å². The van der Waals surface area contributed by atoms with Gasteiger partial charge in [0.05, 0.1) is 24.7 Å². The molecule has 31 heavy (non-hydrogen) atoms. The van der Waals surface area contributed by atoms with Crippen LogP contribution in [-0.4, -0.2) is 72.9 Å². The zero-order valence-corrected chi connectivity index (χ0v) is 17.9. The molecule has 4 bridgehead atoms. The van der Waals surface area contributed by atoms with Gasteiger partial charge in [-0.05, 0) is 19.9 Å². The smallest absolute Gasteiger partial charge is 0.347 e. The highest BCUT2D eigenvalue weighted by molar-refractivity contribution is 5.92. The van der Waals surface area contributed by atoms with Gasteiger partial charge in [0, 0.05) is 19.4 Å². The van der Waals surface area contributed by atoms with E-state index in [1.54, 1.807) is 13.8 Å². The van der Waals surface area contributed by atoms with Crippen molar-refractivity contribution < 1.29 is 43.1 Å². The molecular weight excluding hydrogens is 408 g/mol. The number of hydrogen-bond donors (Lipinski definition) is 1. The lowest BCUT2D eigenvalue weighted by Gasteiger charge is -2.32. The molecular formula is C22H26O9. The predicted octanol–water partition coefficient (Wildman–Crippen LogP) is 0.766. The number of ether oxygens (including phenoxy) is 6. The third kappa shape index (κ3) is 2.38. The summed E-state index contributed by atoms with van der Waals surface area (Å²) in [6.07, 6.45) is -1.91. The molecule has 9 atom stereocenters. The van der Waals surface area contributed by atoms with Gasteiger partial charge in [-0.25, -0.2) is 9.59 Å². The summed E-state index contributed by atoms with van der Waals surface area (Å²) in [6, 6.07) is 0.